The van der Waals surface area contributed by atoms with Crippen LogP contribution < -0.4 is 5.73 Å². The Balaban J connectivity index is 3.11. The fraction of sp³-hybridized carbons (Fsp3) is 0.400. The lowest BCUT2D eigenvalue weighted by molar-refractivity contribution is 0.276. The predicted molar refractivity (Wildman–Crippen MR) is 57.5 cm³/mol. The van der Waals surface area contributed by atoms with E-state index in [9.17, 15) is 4.39 Å². The van der Waals surface area contributed by atoms with Gasteiger partial charge in [-0.3, -0.25) is 0 Å². The SMILES string of the molecule is Cc1ccc(F)c(Br)c1C(N)CCO. The summed E-state index contributed by atoms with van der Waals surface area (Å²) in [4.78, 5) is 0. The topological polar surface area (TPSA) is 46.2 Å². The number of aliphatic hydroxyl groups excluding tert-OH is 1. The smallest absolute Gasteiger partial charge is 0.137 e. The maximum atomic E-state index is 13.2. The maximum Gasteiger partial charge on any atom is 0.137 e. The molecule has 1 rings (SSSR count). The zero-order chi connectivity index (χ0) is 10.7. The number of rotatable bonds is 3. The highest BCUT2D eigenvalue weighted by Crippen LogP contribution is 2.29. The Morgan fingerprint density at radius 1 is 1.57 bits per heavy atom. The summed E-state index contributed by atoms with van der Waals surface area (Å²) in [5.74, 6) is -0.320. The van der Waals surface area contributed by atoms with Crippen molar-refractivity contribution in [1.82, 2.24) is 0 Å². The molecule has 0 aliphatic heterocycles. The van der Waals surface area contributed by atoms with Gasteiger partial charge in [-0.15, -0.1) is 0 Å². The minimum absolute atomic E-state index is 0.00353. The van der Waals surface area contributed by atoms with Gasteiger partial charge in [0.15, 0.2) is 0 Å². The van der Waals surface area contributed by atoms with Crippen LogP contribution in [0.25, 0.3) is 0 Å². The zero-order valence-electron chi connectivity index (χ0n) is 7.93. The molecule has 78 valence electrons. The number of hydrogen-bond donors (Lipinski definition) is 2. The van der Waals surface area contributed by atoms with E-state index in [1.807, 2.05) is 6.92 Å². The van der Waals surface area contributed by atoms with E-state index in [-0.39, 0.29) is 18.5 Å². The Labute approximate surface area is 91.1 Å². The molecule has 0 saturated heterocycles. The van der Waals surface area contributed by atoms with Crippen molar-refractivity contribution in [2.75, 3.05) is 6.61 Å². The van der Waals surface area contributed by atoms with E-state index < -0.39 is 0 Å². The van der Waals surface area contributed by atoms with Crippen molar-refractivity contribution in [3.8, 4) is 0 Å². The first kappa shape index (κ1) is 11.6. The second-order valence-electron chi connectivity index (χ2n) is 3.21. The summed E-state index contributed by atoms with van der Waals surface area (Å²) < 4.78 is 13.6. The fourth-order valence-corrected chi connectivity index (χ4v) is 2.14. The van der Waals surface area contributed by atoms with Gasteiger partial charge in [0, 0.05) is 12.6 Å². The Morgan fingerprint density at radius 2 is 2.21 bits per heavy atom. The van der Waals surface area contributed by atoms with Crippen molar-refractivity contribution in [1.29, 1.82) is 0 Å². The van der Waals surface area contributed by atoms with Crippen molar-refractivity contribution >= 4 is 15.9 Å². The van der Waals surface area contributed by atoms with Gasteiger partial charge in [-0.1, -0.05) is 6.07 Å². The van der Waals surface area contributed by atoms with Crippen LogP contribution in [0.1, 0.15) is 23.6 Å². The van der Waals surface area contributed by atoms with Gasteiger partial charge in [0.05, 0.1) is 4.47 Å². The van der Waals surface area contributed by atoms with E-state index in [2.05, 4.69) is 15.9 Å². The van der Waals surface area contributed by atoms with Gasteiger partial charge in [-0.05, 0) is 46.5 Å². The average molecular weight is 262 g/mol. The molecule has 0 aliphatic rings. The van der Waals surface area contributed by atoms with E-state index in [0.717, 1.165) is 11.1 Å². The summed E-state index contributed by atoms with van der Waals surface area (Å²) in [7, 11) is 0. The van der Waals surface area contributed by atoms with Crippen molar-refractivity contribution < 1.29 is 9.50 Å². The number of nitrogens with two attached hydrogens (primary N) is 1. The van der Waals surface area contributed by atoms with E-state index >= 15 is 0 Å². The summed E-state index contributed by atoms with van der Waals surface area (Å²) in [5, 5.41) is 8.76. The zero-order valence-corrected chi connectivity index (χ0v) is 9.51. The van der Waals surface area contributed by atoms with Crippen LogP contribution in [-0.4, -0.2) is 11.7 Å². The first-order valence-corrected chi connectivity index (χ1v) is 5.18. The standard InChI is InChI=1S/C10H13BrFNO/c1-6-2-3-7(12)10(11)9(6)8(13)4-5-14/h2-3,8,14H,4-5,13H2,1H3. The lowest BCUT2D eigenvalue weighted by atomic mass is 10.00. The first-order valence-electron chi connectivity index (χ1n) is 4.39. The first-order chi connectivity index (χ1) is 6.57. The molecule has 0 fully saturated rings. The van der Waals surface area contributed by atoms with Gasteiger partial charge < -0.3 is 10.8 Å². The van der Waals surface area contributed by atoms with Gasteiger partial charge in [0.25, 0.3) is 0 Å². The molecule has 2 nitrogen and oxygen atoms in total. The minimum atomic E-state index is -0.329. The summed E-state index contributed by atoms with van der Waals surface area (Å²) in [6.45, 7) is 1.88. The predicted octanol–water partition coefficient (Wildman–Crippen LogP) is 2.28. The third kappa shape index (κ3) is 2.32. The lowest BCUT2D eigenvalue weighted by Gasteiger charge is -2.15. The van der Waals surface area contributed by atoms with Crippen LogP contribution in [0.2, 0.25) is 0 Å². The summed E-state index contributed by atoms with van der Waals surface area (Å²) in [6, 6.07) is 2.76. The van der Waals surface area contributed by atoms with Crippen molar-refractivity contribution in [3.05, 3.63) is 33.5 Å². The quantitative estimate of drug-likeness (QED) is 0.877. The highest BCUT2D eigenvalue weighted by atomic mass is 79.9. The largest absolute Gasteiger partial charge is 0.396 e. The molecule has 1 atom stereocenters. The molecule has 0 spiro atoms. The molecule has 0 aromatic heterocycles. The molecule has 1 unspecified atom stereocenters. The highest BCUT2D eigenvalue weighted by molar-refractivity contribution is 9.10. The highest BCUT2D eigenvalue weighted by Gasteiger charge is 2.15. The summed E-state index contributed by atoms with van der Waals surface area (Å²) >= 11 is 3.16. The van der Waals surface area contributed by atoms with Gasteiger partial charge in [0.1, 0.15) is 5.82 Å². The molecule has 14 heavy (non-hydrogen) atoms. The van der Waals surface area contributed by atoms with Crippen molar-refractivity contribution in [2.24, 2.45) is 5.73 Å². The van der Waals surface area contributed by atoms with Crippen LogP contribution in [0.4, 0.5) is 4.39 Å². The Kier molecular flexibility index (Phi) is 4.04. The Morgan fingerprint density at radius 3 is 2.79 bits per heavy atom. The second-order valence-corrected chi connectivity index (χ2v) is 4.00. The third-order valence-corrected chi connectivity index (χ3v) is 2.97. The molecule has 0 heterocycles. The molecule has 0 radical (unpaired) electrons. The maximum absolute atomic E-state index is 13.2. The molecule has 0 saturated carbocycles. The normalized spacial score (nSPS) is 12.9. The van der Waals surface area contributed by atoms with Crippen LogP contribution in [0.15, 0.2) is 16.6 Å². The van der Waals surface area contributed by atoms with Crippen LogP contribution in [0, 0.1) is 12.7 Å². The Hall–Kier alpha value is -0.450. The lowest BCUT2D eigenvalue weighted by Crippen LogP contribution is -2.14. The monoisotopic (exact) mass is 261 g/mol. The third-order valence-electron chi connectivity index (χ3n) is 2.16. The number of aliphatic hydroxyl groups is 1. The number of benzene rings is 1. The second kappa shape index (κ2) is 4.87. The molecule has 1 aromatic carbocycles. The molecular weight excluding hydrogens is 249 g/mol. The molecule has 0 amide bonds. The molecule has 0 bridgehead atoms. The molecule has 1 aromatic rings. The van der Waals surface area contributed by atoms with E-state index in [4.69, 9.17) is 10.8 Å². The van der Waals surface area contributed by atoms with Crippen molar-refractivity contribution in [2.45, 2.75) is 19.4 Å². The van der Waals surface area contributed by atoms with Gasteiger partial charge >= 0.3 is 0 Å². The average Bonchev–Trinajstić information content (AvgIpc) is 2.13. The number of aryl methyl sites for hydroxylation is 1. The van der Waals surface area contributed by atoms with Crippen LogP contribution in [-0.2, 0) is 0 Å². The molecule has 0 aliphatic carbocycles. The molecule has 4 heteroatoms. The number of halogens is 2. The minimum Gasteiger partial charge on any atom is -0.396 e. The van der Waals surface area contributed by atoms with Crippen molar-refractivity contribution in [3.63, 3.8) is 0 Å². The van der Waals surface area contributed by atoms with Gasteiger partial charge in [0.2, 0.25) is 0 Å². The summed E-state index contributed by atoms with van der Waals surface area (Å²) in [6.07, 6.45) is 0.433. The number of hydrogen-bond acceptors (Lipinski definition) is 2. The van der Waals surface area contributed by atoms with Gasteiger partial charge in [-0.25, -0.2) is 4.39 Å². The van der Waals surface area contributed by atoms with Crippen LogP contribution in [0.5, 0.6) is 0 Å². The summed E-state index contributed by atoms with van der Waals surface area (Å²) in [5.41, 5.74) is 7.48. The van der Waals surface area contributed by atoms with Gasteiger partial charge in [-0.2, -0.15) is 0 Å². The van der Waals surface area contributed by atoms with E-state index in [1.165, 1.54) is 6.07 Å². The van der Waals surface area contributed by atoms with Crippen LogP contribution in [0.3, 0.4) is 0 Å². The molecular formula is C10H13BrFNO. The Bertz CT molecular complexity index is 330. The van der Waals surface area contributed by atoms with E-state index in [0.29, 0.717) is 10.9 Å². The van der Waals surface area contributed by atoms with Crippen LogP contribution >= 0.6 is 15.9 Å². The van der Waals surface area contributed by atoms with E-state index in [1.54, 1.807) is 6.07 Å². The fourth-order valence-electron chi connectivity index (χ4n) is 1.40. The molecule has 3 N–H and O–H groups in total.